The van der Waals surface area contributed by atoms with Crippen LogP contribution >= 0.6 is 11.3 Å². The molecule has 7 nitrogen and oxygen atoms in total. The second-order valence-corrected chi connectivity index (χ2v) is 9.65. The number of Topliss-reactive ketones (excluding diaryl/α,β-unsaturated/α-hetero) is 1. The number of hydrogen-bond donors (Lipinski definition) is 1. The predicted molar refractivity (Wildman–Crippen MR) is 128 cm³/mol. The van der Waals surface area contributed by atoms with E-state index in [-0.39, 0.29) is 42.9 Å². The molecule has 34 heavy (non-hydrogen) atoms. The monoisotopic (exact) mass is 473 g/mol. The molecule has 1 aliphatic carbocycles. The van der Waals surface area contributed by atoms with Crippen molar-refractivity contribution in [2.24, 2.45) is 0 Å². The lowest BCUT2D eigenvalue weighted by atomic mass is 9.89. The summed E-state index contributed by atoms with van der Waals surface area (Å²) in [5.41, 5.74) is 4.02. The quantitative estimate of drug-likeness (QED) is 0.405. The summed E-state index contributed by atoms with van der Waals surface area (Å²) >= 11 is 1.20. The first kappa shape index (κ1) is 22.2. The lowest BCUT2D eigenvalue weighted by Crippen LogP contribution is -2.28. The molecule has 0 saturated carbocycles. The van der Waals surface area contributed by atoms with Crippen molar-refractivity contribution in [2.45, 2.75) is 45.1 Å². The van der Waals surface area contributed by atoms with Gasteiger partial charge in [0.25, 0.3) is 11.8 Å². The van der Waals surface area contributed by atoms with Crippen molar-refractivity contribution in [3.63, 3.8) is 0 Å². The summed E-state index contributed by atoms with van der Waals surface area (Å²) in [5.74, 6) is -1.01. The Hall–Kier alpha value is -3.65. The van der Waals surface area contributed by atoms with E-state index in [1.165, 1.54) is 33.8 Å². The number of hydrogen-bond acceptors (Lipinski definition) is 6. The number of aromatic nitrogens is 1. The summed E-state index contributed by atoms with van der Waals surface area (Å²) < 4.78 is 0. The molecular weight excluding hydrogens is 450 g/mol. The number of benzene rings is 2. The number of nitrogens with zero attached hydrogens (tertiary/aromatic N) is 2. The molecule has 0 atom stereocenters. The van der Waals surface area contributed by atoms with Gasteiger partial charge in [-0.1, -0.05) is 35.6 Å². The van der Waals surface area contributed by atoms with E-state index in [4.69, 9.17) is 0 Å². The molecule has 3 amide bonds. The zero-order valence-electron chi connectivity index (χ0n) is 18.5. The first-order valence-electron chi connectivity index (χ1n) is 11.3. The minimum absolute atomic E-state index is 0.0472. The average Bonchev–Trinajstić information content (AvgIpc) is 3.40. The van der Waals surface area contributed by atoms with Crippen molar-refractivity contribution in [3.05, 3.63) is 81.4 Å². The molecule has 2 aromatic carbocycles. The van der Waals surface area contributed by atoms with Crippen LogP contribution in [0.15, 0.2) is 48.7 Å². The fourth-order valence-electron chi connectivity index (χ4n) is 4.44. The number of ketones is 1. The lowest BCUT2D eigenvalue weighted by Gasteiger charge is -2.16. The molecule has 0 spiro atoms. The van der Waals surface area contributed by atoms with Gasteiger partial charge in [0.1, 0.15) is 0 Å². The SMILES string of the molecule is O=C(CCC(=O)c1ccc2c(c1)CCCC2)Nc1ncc(CN2C(=O)c3ccccc3C2=O)s1. The minimum Gasteiger partial charge on any atom is -0.302 e. The van der Waals surface area contributed by atoms with E-state index in [0.717, 1.165) is 19.3 Å². The van der Waals surface area contributed by atoms with Gasteiger partial charge in [-0.25, -0.2) is 4.98 Å². The van der Waals surface area contributed by atoms with Gasteiger partial charge in [-0.15, -0.1) is 0 Å². The van der Waals surface area contributed by atoms with E-state index < -0.39 is 0 Å². The molecule has 172 valence electrons. The number of rotatable bonds is 7. The molecule has 0 fully saturated rings. The molecule has 1 N–H and O–H groups in total. The van der Waals surface area contributed by atoms with Crippen LogP contribution in [-0.4, -0.2) is 33.4 Å². The maximum Gasteiger partial charge on any atom is 0.261 e. The first-order chi connectivity index (χ1) is 16.5. The zero-order chi connectivity index (χ0) is 23.7. The van der Waals surface area contributed by atoms with Crippen LogP contribution in [0.4, 0.5) is 5.13 Å². The summed E-state index contributed by atoms with van der Waals surface area (Å²) in [4.78, 5) is 56.0. The lowest BCUT2D eigenvalue weighted by molar-refractivity contribution is -0.116. The van der Waals surface area contributed by atoms with Crippen LogP contribution < -0.4 is 5.32 Å². The molecule has 2 aliphatic rings. The Morgan fingerprint density at radius 3 is 2.38 bits per heavy atom. The highest BCUT2D eigenvalue weighted by molar-refractivity contribution is 7.15. The molecule has 0 radical (unpaired) electrons. The van der Waals surface area contributed by atoms with Crippen LogP contribution in [0.5, 0.6) is 0 Å². The van der Waals surface area contributed by atoms with E-state index in [9.17, 15) is 19.2 Å². The molecule has 8 heteroatoms. The maximum absolute atomic E-state index is 12.6. The van der Waals surface area contributed by atoms with Gasteiger partial charge in [0.05, 0.1) is 17.7 Å². The highest BCUT2D eigenvalue weighted by atomic mass is 32.1. The number of aryl methyl sites for hydroxylation is 2. The van der Waals surface area contributed by atoms with E-state index in [2.05, 4.69) is 10.3 Å². The van der Waals surface area contributed by atoms with Crippen molar-refractivity contribution in [2.75, 3.05) is 5.32 Å². The average molecular weight is 474 g/mol. The van der Waals surface area contributed by atoms with Crippen LogP contribution in [0.3, 0.4) is 0 Å². The number of carbonyl (C=O) groups excluding carboxylic acids is 4. The number of carbonyl (C=O) groups is 4. The highest BCUT2D eigenvalue weighted by Crippen LogP contribution is 2.27. The van der Waals surface area contributed by atoms with Crippen molar-refractivity contribution in [3.8, 4) is 0 Å². The topological polar surface area (TPSA) is 96.4 Å². The van der Waals surface area contributed by atoms with Crippen LogP contribution in [-0.2, 0) is 24.2 Å². The van der Waals surface area contributed by atoms with Gasteiger partial charge in [0.15, 0.2) is 10.9 Å². The predicted octanol–water partition coefficient (Wildman–Crippen LogP) is 4.42. The van der Waals surface area contributed by atoms with E-state index >= 15 is 0 Å². The summed E-state index contributed by atoms with van der Waals surface area (Å²) in [6.07, 6.45) is 6.13. The summed E-state index contributed by atoms with van der Waals surface area (Å²) in [6.45, 7) is 0.0939. The van der Waals surface area contributed by atoms with Gasteiger partial charge in [-0.3, -0.25) is 24.1 Å². The van der Waals surface area contributed by atoms with Crippen molar-refractivity contribution < 1.29 is 19.2 Å². The molecule has 2 heterocycles. The maximum atomic E-state index is 12.6. The minimum atomic E-state index is -0.333. The molecule has 0 bridgehead atoms. The zero-order valence-corrected chi connectivity index (χ0v) is 19.3. The van der Waals surface area contributed by atoms with Gasteiger partial charge in [0.2, 0.25) is 5.91 Å². The first-order valence-corrected chi connectivity index (χ1v) is 12.2. The molecule has 1 aliphatic heterocycles. The van der Waals surface area contributed by atoms with Gasteiger partial charge in [0, 0.05) is 29.5 Å². The van der Waals surface area contributed by atoms with Crippen LogP contribution in [0, 0.1) is 0 Å². The van der Waals surface area contributed by atoms with Gasteiger partial charge >= 0.3 is 0 Å². The Labute approximate surface area is 200 Å². The fourth-order valence-corrected chi connectivity index (χ4v) is 5.25. The molecule has 0 unspecified atom stereocenters. The van der Waals surface area contributed by atoms with Crippen molar-refractivity contribution in [1.82, 2.24) is 9.88 Å². The van der Waals surface area contributed by atoms with Gasteiger partial charge < -0.3 is 5.32 Å². The van der Waals surface area contributed by atoms with E-state index in [0.29, 0.717) is 26.7 Å². The third-order valence-electron chi connectivity index (χ3n) is 6.24. The largest absolute Gasteiger partial charge is 0.302 e. The second-order valence-electron chi connectivity index (χ2n) is 8.54. The number of amides is 3. The van der Waals surface area contributed by atoms with Crippen LogP contribution in [0.1, 0.15) is 72.8 Å². The third-order valence-corrected chi connectivity index (χ3v) is 7.14. The van der Waals surface area contributed by atoms with Gasteiger partial charge in [-0.05, 0) is 55.0 Å². The van der Waals surface area contributed by atoms with Crippen molar-refractivity contribution in [1.29, 1.82) is 0 Å². The van der Waals surface area contributed by atoms with Gasteiger partial charge in [-0.2, -0.15) is 0 Å². The summed E-state index contributed by atoms with van der Waals surface area (Å²) in [5, 5.41) is 3.08. The van der Waals surface area contributed by atoms with Crippen LogP contribution in [0.2, 0.25) is 0 Å². The Kier molecular flexibility index (Phi) is 6.06. The Morgan fingerprint density at radius 2 is 1.65 bits per heavy atom. The third kappa shape index (κ3) is 4.41. The Balaban J connectivity index is 1.15. The summed E-state index contributed by atoms with van der Waals surface area (Å²) in [7, 11) is 0. The molecular formula is C26H23N3O4S. The molecule has 1 aromatic heterocycles. The second kappa shape index (κ2) is 9.30. The number of imide groups is 1. The number of thiazole rings is 1. The smallest absolute Gasteiger partial charge is 0.261 e. The van der Waals surface area contributed by atoms with Crippen LogP contribution in [0.25, 0.3) is 0 Å². The fraction of sp³-hybridized carbons (Fsp3) is 0.269. The number of nitrogens with one attached hydrogen (secondary N) is 1. The molecule has 5 rings (SSSR count). The number of fused-ring (bicyclic) bond motifs is 2. The Morgan fingerprint density at radius 1 is 0.941 bits per heavy atom. The normalized spacial score (nSPS) is 14.6. The number of anilines is 1. The standard InChI is InChI=1S/C26H23N3O4S/c30-22(18-10-9-16-5-1-2-6-17(16)13-18)11-12-23(31)28-26-27-14-19(34-26)15-29-24(32)20-7-3-4-8-21(20)25(29)33/h3-4,7-10,13-14H,1-2,5-6,11-12,15H2,(H,27,28,31). The van der Waals surface area contributed by atoms with E-state index in [1.54, 1.807) is 30.5 Å². The van der Waals surface area contributed by atoms with Crippen molar-refractivity contribution >= 4 is 40.0 Å². The molecule has 3 aromatic rings. The highest BCUT2D eigenvalue weighted by Gasteiger charge is 2.35. The van der Waals surface area contributed by atoms with E-state index in [1.807, 2.05) is 18.2 Å². The molecule has 0 saturated heterocycles. The summed E-state index contributed by atoms with van der Waals surface area (Å²) in [6, 6.07) is 12.6. The Bertz CT molecular complexity index is 1280.